The Morgan fingerprint density at radius 3 is 1.98 bits per heavy atom. The van der Waals surface area contributed by atoms with Gasteiger partial charge in [-0.25, -0.2) is 0 Å². The summed E-state index contributed by atoms with van der Waals surface area (Å²) in [6, 6.07) is -4.43. The van der Waals surface area contributed by atoms with Crippen molar-refractivity contribution >= 4 is 5.91 Å². The SMILES string of the molecule is NCC(O)C(=O)N[C@@H]1C[C@H](N)[C@@H](O[C@H]2O[C@H](CN)C[C@@H](O)[C@H]2N)[C@H](O[C@@H]2O[C@H](CO)[C@@H](O[C@H]3O[C@@H](CN)[C@@H](O)[C@H](O)[C@H]3N)[C@H]2O)[C@H]1O. The van der Waals surface area contributed by atoms with Crippen molar-refractivity contribution in [3.63, 3.8) is 0 Å². The minimum atomic E-state index is -1.68. The molecule has 1 amide bonds. The van der Waals surface area contributed by atoms with Gasteiger partial charge in [-0.05, 0) is 6.42 Å². The summed E-state index contributed by atoms with van der Waals surface area (Å²) in [6.45, 7) is -1.23. The highest BCUT2D eigenvalue weighted by molar-refractivity contribution is 5.81. The molecule has 1 unspecified atom stereocenters. The fourth-order valence-corrected chi connectivity index (χ4v) is 6.19. The average molecular weight is 686 g/mol. The molecule has 20 N–H and O–H groups in total. The smallest absolute Gasteiger partial charge is 0.250 e. The number of amides is 1. The number of nitrogens with two attached hydrogens (primary N) is 6. The number of nitrogens with one attached hydrogen (secondary N) is 1. The predicted octanol–water partition coefficient (Wildman–Crippen LogP) is -9.39. The monoisotopic (exact) mass is 685 g/mol. The lowest BCUT2D eigenvalue weighted by atomic mass is 9.83. The minimum Gasteiger partial charge on any atom is -0.394 e. The molecule has 47 heavy (non-hydrogen) atoms. The van der Waals surface area contributed by atoms with Crippen molar-refractivity contribution in [3.05, 3.63) is 0 Å². The molecule has 4 aliphatic rings. The fraction of sp³-hybridized carbons (Fsp3) is 0.962. The molecule has 0 radical (unpaired) electrons. The predicted molar refractivity (Wildman–Crippen MR) is 156 cm³/mol. The van der Waals surface area contributed by atoms with Crippen molar-refractivity contribution in [1.29, 1.82) is 0 Å². The number of hydrogen-bond donors (Lipinski definition) is 14. The first-order chi connectivity index (χ1) is 22.3. The van der Waals surface area contributed by atoms with Gasteiger partial charge in [-0.1, -0.05) is 0 Å². The number of aliphatic hydroxyl groups excluding tert-OH is 7. The van der Waals surface area contributed by atoms with Gasteiger partial charge in [0.1, 0.15) is 61.0 Å². The third-order valence-corrected chi connectivity index (χ3v) is 9.05. The van der Waals surface area contributed by atoms with Gasteiger partial charge in [0.05, 0.1) is 36.9 Å². The van der Waals surface area contributed by atoms with Crippen molar-refractivity contribution in [2.75, 3.05) is 26.2 Å². The minimum absolute atomic E-state index is 0.0446. The standard InChI is InChI=1S/C26H51N7O14/c27-3-7-1-10(35)14(31)24(42-7)45-20-8(30)2-9(33-23(41)11(36)4-28)16(37)22(20)47-26-19(40)21(13(6-34)44-26)46-25-15(32)18(39)17(38)12(5-29)43-25/h7-22,24-26,34-40H,1-6,27-32H2,(H,33,41)/t7-,8-,9+,10+,11?,12-,13+,14+,15+,16-,17+,18+,19+,20+,21+,22+,24+,25+,26-/m0/s1. The van der Waals surface area contributed by atoms with Crippen LogP contribution in [0.5, 0.6) is 0 Å². The summed E-state index contributed by atoms with van der Waals surface area (Å²) in [7, 11) is 0. The van der Waals surface area contributed by atoms with Crippen LogP contribution in [0.2, 0.25) is 0 Å². The lowest BCUT2D eigenvalue weighted by molar-refractivity contribution is -0.295. The Morgan fingerprint density at radius 2 is 1.36 bits per heavy atom. The molecule has 1 saturated carbocycles. The molecule has 4 rings (SSSR count). The van der Waals surface area contributed by atoms with E-state index in [0.717, 1.165) is 0 Å². The number of hydrogen-bond acceptors (Lipinski definition) is 20. The molecular formula is C26H51N7O14. The summed E-state index contributed by atoms with van der Waals surface area (Å²) in [5, 5.41) is 76.2. The first-order valence-electron chi connectivity index (χ1n) is 15.5. The van der Waals surface area contributed by atoms with Crippen LogP contribution in [0.4, 0.5) is 0 Å². The van der Waals surface area contributed by atoms with Crippen molar-refractivity contribution < 1.29 is 69.0 Å². The Morgan fingerprint density at radius 1 is 0.745 bits per heavy atom. The maximum absolute atomic E-state index is 12.5. The van der Waals surface area contributed by atoms with Crippen LogP contribution in [0.25, 0.3) is 0 Å². The van der Waals surface area contributed by atoms with Crippen LogP contribution >= 0.6 is 0 Å². The van der Waals surface area contributed by atoms with Gasteiger partial charge < -0.3 is 104 Å². The third kappa shape index (κ3) is 8.37. The van der Waals surface area contributed by atoms with E-state index < -0.39 is 135 Å². The maximum Gasteiger partial charge on any atom is 0.250 e. The Balaban J connectivity index is 1.56. The first kappa shape index (κ1) is 38.5. The Hall–Kier alpha value is -1.29. The second-order valence-electron chi connectivity index (χ2n) is 12.4. The number of rotatable bonds is 12. The van der Waals surface area contributed by atoms with Gasteiger partial charge in [-0.15, -0.1) is 0 Å². The van der Waals surface area contributed by atoms with Crippen LogP contribution in [-0.2, 0) is 33.2 Å². The molecule has 0 aromatic heterocycles. The number of carbonyl (C=O) groups is 1. The van der Waals surface area contributed by atoms with E-state index in [1.165, 1.54) is 0 Å². The molecule has 0 spiro atoms. The first-order valence-corrected chi connectivity index (χ1v) is 15.5. The molecular weight excluding hydrogens is 634 g/mol. The normalized spacial score (nSPS) is 48.3. The van der Waals surface area contributed by atoms with Gasteiger partial charge in [0, 0.05) is 32.1 Å². The van der Waals surface area contributed by atoms with Crippen LogP contribution in [0, 0.1) is 0 Å². The van der Waals surface area contributed by atoms with E-state index in [1.54, 1.807) is 0 Å². The average Bonchev–Trinajstić information content (AvgIpc) is 3.35. The van der Waals surface area contributed by atoms with Crippen molar-refractivity contribution in [3.8, 4) is 0 Å². The van der Waals surface area contributed by atoms with E-state index in [9.17, 15) is 40.5 Å². The summed E-state index contributed by atoms with van der Waals surface area (Å²) in [6.07, 6.45) is -20.1. The Kier molecular flexibility index (Phi) is 13.6. The van der Waals surface area contributed by atoms with Crippen LogP contribution in [0.15, 0.2) is 0 Å². The van der Waals surface area contributed by atoms with E-state index >= 15 is 0 Å². The third-order valence-electron chi connectivity index (χ3n) is 9.05. The molecule has 19 atom stereocenters. The molecule has 0 aromatic carbocycles. The maximum atomic E-state index is 12.5. The fourth-order valence-electron chi connectivity index (χ4n) is 6.19. The largest absolute Gasteiger partial charge is 0.394 e. The molecule has 3 saturated heterocycles. The lowest BCUT2D eigenvalue weighted by Crippen LogP contribution is -2.68. The van der Waals surface area contributed by atoms with Crippen LogP contribution < -0.4 is 39.7 Å². The van der Waals surface area contributed by atoms with Gasteiger partial charge in [0.2, 0.25) is 5.91 Å². The Labute approximate surface area is 270 Å². The topological polar surface area (TPSA) is 382 Å². The molecule has 1 aliphatic carbocycles. The molecule has 3 aliphatic heterocycles. The van der Waals surface area contributed by atoms with E-state index in [2.05, 4.69) is 5.32 Å². The second kappa shape index (κ2) is 16.6. The molecule has 4 fully saturated rings. The molecule has 0 bridgehead atoms. The highest BCUT2D eigenvalue weighted by atomic mass is 16.8. The van der Waals surface area contributed by atoms with Crippen molar-refractivity contribution in [1.82, 2.24) is 5.32 Å². The van der Waals surface area contributed by atoms with E-state index in [4.69, 9.17) is 62.8 Å². The molecule has 3 heterocycles. The summed E-state index contributed by atoms with van der Waals surface area (Å²) in [4.78, 5) is 12.5. The highest BCUT2D eigenvalue weighted by Crippen LogP contribution is 2.34. The summed E-state index contributed by atoms with van der Waals surface area (Å²) < 4.78 is 35.1. The van der Waals surface area contributed by atoms with Crippen LogP contribution in [0.3, 0.4) is 0 Å². The number of carbonyl (C=O) groups excluding carboxylic acids is 1. The van der Waals surface area contributed by atoms with Crippen LogP contribution in [-0.4, -0.2) is 184 Å². The summed E-state index contributed by atoms with van der Waals surface area (Å²) in [5.74, 6) is -0.883. The quantitative estimate of drug-likeness (QED) is 0.0906. The molecule has 274 valence electrons. The van der Waals surface area contributed by atoms with Gasteiger partial charge in [-0.3, -0.25) is 4.79 Å². The molecule has 21 nitrogen and oxygen atoms in total. The van der Waals surface area contributed by atoms with Gasteiger partial charge in [0.25, 0.3) is 0 Å². The van der Waals surface area contributed by atoms with E-state index in [1.807, 2.05) is 0 Å². The van der Waals surface area contributed by atoms with Gasteiger partial charge >= 0.3 is 0 Å². The van der Waals surface area contributed by atoms with E-state index in [0.29, 0.717) is 0 Å². The van der Waals surface area contributed by atoms with E-state index in [-0.39, 0.29) is 25.9 Å². The molecule has 21 heteroatoms. The molecule has 0 aromatic rings. The summed E-state index contributed by atoms with van der Waals surface area (Å²) >= 11 is 0. The summed E-state index contributed by atoms with van der Waals surface area (Å²) in [5.41, 5.74) is 35.4. The zero-order valence-corrected chi connectivity index (χ0v) is 25.7. The van der Waals surface area contributed by atoms with Gasteiger partial charge in [0.15, 0.2) is 18.9 Å². The number of ether oxygens (including phenoxy) is 6. The zero-order valence-electron chi connectivity index (χ0n) is 25.7. The van der Waals surface area contributed by atoms with Crippen molar-refractivity contribution in [2.45, 2.75) is 129 Å². The second-order valence-corrected chi connectivity index (χ2v) is 12.4. The zero-order chi connectivity index (χ0) is 34.7. The van der Waals surface area contributed by atoms with Gasteiger partial charge in [-0.2, -0.15) is 0 Å². The number of aliphatic hydroxyl groups is 7. The Bertz CT molecular complexity index is 1010. The van der Waals surface area contributed by atoms with Crippen LogP contribution in [0.1, 0.15) is 12.8 Å². The lowest BCUT2D eigenvalue weighted by Gasteiger charge is -2.47. The van der Waals surface area contributed by atoms with Crippen molar-refractivity contribution in [2.24, 2.45) is 34.4 Å². The highest BCUT2D eigenvalue weighted by Gasteiger charge is 2.54.